The molecule has 0 saturated carbocycles. The van der Waals surface area contributed by atoms with E-state index in [2.05, 4.69) is 20.6 Å². The average molecular weight is 383 g/mol. The highest BCUT2D eigenvalue weighted by atomic mass is 32.1. The lowest BCUT2D eigenvalue weighted by Gasteiger charge is -2.11. The molecule has 1 aromatic heterocycles. The molecular weight excluding hydrogens is 366 g/mol. The first-order chi connectivity index (χ1) is 13.2. The molecule has 3 aromatic rings. The SMILES string of the molecule is COc1cc(/C=N/n2cn[nH]c2=S)ccc1OCC(=O)Nc1ccccc1. The van der Waals surface area contributed by atoms with Gasteiger partial charge in [-0.1, -0.05) is 18.2 Å². The van der Waals surface area contributed by atoms with E-state index in [1.165, 1.54) is 18.1 Å². The molecule has 3 rings (SSSR count). The fourth-order valence-electron chi connectivity index (χ4n) is 2.20. The largest absolute Gasteiger partial charge is 0.493 e. The predicted octanol–water partition coefficient (Wildman–Crippen LogP) is 2.85. The minimum absolute atomic E-state index is 0.136. The van der Waals surface area contributed by atoms with E-state index in [1.54, 1.807) is 36.5 Å². The maximum Gasteiger partial charge on any atom is 0.262 e. The Labute approximate surface area is 160 Å². The van der Waals surface area contributed by atoms with E-state index >= 15 is 0 Å². The molecule has 0 unspecified atom stereocenters. The van der Waals surface area contributed by atoms with Gasteiger partial charge in [-0.3, -0.25) is 9.89 Å². The van der Waals surface area contributed by atoms with Crippen molar-refractivity contribution < 1.29 is 14.3 Å². The summed E-state index contributed by atoms with van der Waals surface area (Å²) in [5.74, 6) is 0.684. The third-order valence-electron chi connectivity index (χ3n) is 3.47. The standard InChI is InChI=1S/C18H17N5O3S/c1-25-16-9-13(10-20-23-12-19-22-18(23)27)7-8-15(16)26-11-17(24)21-14-5-3-2-4-6-14/h2-10,12H,11H2,1H3,(H,21,24)(H,22,27)/b20-10+. The number of aromatic nitrogens is 3. The number of benzene rings is 2. The van der Waals surface area contributed by atoms with Crippen LogP contribution in [0.5, 0.6) is 11.5 Å². The van der Waals surface area contributed by atoms with Crippen LogP contribution in [-0.2, 0) is 4.79 Å². The lowest BCUT2D eigenvalue weighted by molar-refractivity contribution is -0.118. The fraction of sp³-hybridized carbons (Fsp3) is 0.111. The molecule has 138 valence electrons. The zero-order valence-corrected chi connectivity index (χ0v) is 15.3. The molecule has 0 saturated heterocycles. The summed E-state index contributed by atoms with van der Waals surface area (Å²) in [6.07, 6.45) is 3.08. The number of anilines is 1. The Morgan fingerprint density at radius 2 is 2.11 bits per heavy atom. The van der Waals surface area contributed by atoms with E-state index in [0.29, 0.717) is 22.0 Å². The molecule has 2 N–H and O–H groups in total. The average Bonchev–Trinajstić information content (AvgIpc) is 3.10. The van der Waals surface area contributed by atoms with Crippen molar-refractivity contribution in [1.82, 2.24) is 14.9 Å². The van der Waals surface area contributed by atoms with Gasteiger partial charge in [-0.05, 0) is 48.1 Å². The molecule has 0 aliphatic rings. The summed E-state index contributed by atoms with van der Waals surface area (Å²) >= 11 is 5.02. The van der Waals surface area contributed by atoms with Gasteiger partial charge in [0.25, 0.3) is 5.91 Å². The third-order valence-corrected chi connectivity index (χ3v) is 3.75. The molecule has 1 amide bonds. The number of H-pyrrole nitrogens is 1. The van der Waals surface area contributed by atoms with E-state index < -0.39 is 0 Å². The summed E-state index contributed by atoms with van der Waals surface area (Å²) in [6.45, 7) is -0.136. The number of para-hydroxylation sites is 1. The van der Waals surface area contributed by atoms with Crippen molar-refractivity contribution in [3.63, 3.8) is 0 Å². The summed E-state index contributed by atoms with van der Waals surface area (Å²) in [5.41, 5.74) is 1.48. The van der Waals surface area contributed by atoms with E-state index in [0.717, 1.165) is 5.56 Å². The van der Waals surface area contributed by atoms with Crippen molar-refractivity contribution in [3.8, 4) is 11.5 Å². The van der Waals surface area contributed by atoms with Gasteiger partial charge in [0.1, 0.15) is 6.33 Å². The van der Waals surface area contributed by atoms with Crippen molar-refractivity contribution in [2.45, 2.75) is 0 Å². The normalized spacial score (nSPS) is 10.7. The summed E-state index contributed by atoms with van der Waals surface area (Å²) in [7, 11) is 1.53. The van der Waals surface area contributed by atoms with Crippen molar-refractivity contribution >= 4 is 30.0 Å². The Hall–Kier alpha value is -3.46. The summed E-state index contributed by atoms with van der Waals surface area (Å²) in [6, 6.07) is 14.4. The smallest absolute Gasteiger partial charge is 0.262 e. The zero-order chi connectivity index (χ0) is 19.1. The number of amides is 1. The number of nitrogens with zero attached hydrogens (tertiary/aromatic N) is 3. The molecule has 8 nitrogen and oxygen atoms in total. The first kappa shape index (κ1) is 18.3. The van der Waals surface area contributed by atoms with Crippen molar-refractivity contribution in [1.29, 1.82) is 0 Å². The molecule has 9 heteroatoms. The second kappa shape index (κ2) is 8.77. The zero-order valence-electron chi connectivity index (χ0n) is 14.5. The minimum Gasteiger partial charge on any atom is -0.493 e. The van der Waals surface area contributed by atoms with Crippen LogP contribution in [0.3, 0.4) is 0 Å². The van der Waals surface area contributed by atoms with E-state index in [-0.39, 0.29) is 12.5 Å². The molecule has 0 fully saturated rings. The van der Waals surface area contributed by atoms with E-state index in [9.17, 15) is 4.79 Å². The predicted molar refractivity (Wildman–Crippen MR) is 104 cm³/mol. The lowest BCUT2D eigenvalue weighted by Crippen LogP contribution is -2.20. The monoisotopic (exact) mass is 383 g/mol. The molecule has 0 aliphatic heterocycles. The van der Waals surface area contributed by atoms with Gasteiger partial charge in [0.05, 0.1) is 13.3 Å². The Morgan fingerprint density at radius 1 is 1.30 bits per heavy atom. The number of aromatic amines is 1. The van der Waals surface area contributed by atoms with E-state index in [1.807, 2.05) is 18.2 Å². The number of ether oxygens (including phenoxy) is 2. The molecule has 0 spiro atoms. The molecule has 0 atom stereocenters. The number of carbonyl (C=O) groups excluding carboxylic acids is 1. The van der Waals surface area contributed by atoms with Gasteiger partial charge in [-0.15, -0.1) is 0 Å². The maximum absolute atomic E-state index is 12.0. The second-order valence-electron chi connectivity index (χ2n) is 5.36. The van der Waals surface area contributed by atoms with Gasteiger partial charge in [0, 0.05) is 5.69 Å². The molecule has 0 aliphatic carbocycles. The molecule has 27 heavy (non-hydrogen) atoms. The van der Waals surface area contributed by atoms with Gasteiger partial charge in [-0.2, -0.15) is 14.9 Å². The number of hydrogen-bond acceptors (Lipinski definition) is 6. The molecule has 0 radical (unpaired) electrons. The van der Waals surface area contributed by atoms with Crippen molar-refractivity contribution in [2.75, 3.05) is 19.0 Å². The highest BCUT2D eigenvalue weighted by Gasteiger charge is 2.08. The molecule has 0 bridgehead atoms. The van der Waals surface area contributed by atoms with Gasteiger partial charge < -0.3 is 14.8 Å². The van der Waals surface area contributed by atoms with Crippen LogP contribution in [0.25, 0.3) is 0 Å². The molecule has 2 aromatic carbocycles. The van der Waals surface area contributed by atoms with Crippen LogP contribution >= 0.6 is 12.2 Å². The Bertz CT molecular complexity index is 997. The lowest BCUT2D eigenvalue weighted by atomic mass is 10.2. The summed E-state index contributed by atoms with van der Waals surface area (Å²) in [5, 5.41) is 13.4. The van der Waals surface area contributed by atoms with Crippen molar-refractivity contribution in [2.24, 2.45) is 5.10 Å². The topological polar surface area (TPSA) is 93.5 Å². The first-order valence-electron chi connectivity index (χ1n) is 7.98. The van der Waals surface area contributed by atoms with Crippen LogP contribution in [0, 0.1) is 4.77 Å². The van der Waals surface area contributed by atoms with Crippen LogP contribution in [0.2, 0.25) is 0 Å². The Morgan fingerprint density at radius 3 is 2.81 bits per heavy atom. The number of methoxy groups -OCH3 is 1. The van der Waals surface area contributed by atoms with Crippen LogP contribution < -0.4 is 14.8 Å². The van der Waals surface area contributed by atoms with Gasteiger partial charge >= 0.3 is 0 Å². The van der Waals surface area contributed by atoms with Crippen LogP contribution in [-0.4, -0.2) is 40.7 Å². The van der Waals surface area contributed by atoms with Gasteiger partial charge in [0.2, 0.25) is 4.77 Å². The quantitative estimate of drug-likeness (QED) is 0.483. The van der Waals surface area contributed by atoms with Gasteiger partial charge in [-0.25, -0.2) is 0 Å². The number of hydrogen-bond donors (Lipinski definition) is 2. The third kappa shape index (κ3) is 5.02. The highest BCUT2D eigenvalue weighted by molar-refractivity contribution is 7.71. The summed E-state index contributed by atoms with van der Waals surface area (Å²) < 4.78 is 12.7. The second-order valence-corrected chi connectivity index (χ2v) is 5.75. The number of carbonyl (C=O) groups is 1. The molecular formula is C18H17N5O3S. The minimum atomic E-state index is -0.261. The Kier molecular flexibility index (Phi) is 5.95. The van der Waals surface area contributed by atoms with Crippen LogP contribution in [0.15, 0.2) is 60.0 Å². The number of rotatable bonds is 7. The van der Waals surface area contributed by atoms with Crippen molar-refractivity contribution in [3.05, 3.63) is 65.2 Å². The van der Waals surface area contributed by atoms with Crippen LogP contribution in [0.4, 0.5) is 5.69 Å². The highest BCUT2D eigenvalue weighted by Crippen LogP contribution is 2.27. The van der Waals surface area contributed by atoms with Crippen LogP contribution in [0.1, 0.15) is 5.56 Å². The van der Waals surface area contributed by atoms with E-state index in [4.69, 9.17) is 21.7 Å². The fourth-order valence-corrected chi connectivity index (χ4v) is 2.35. The Balaban J connectivity index is 1.64. The molecule has 1 heterocycles. The summed E-state index contributed by atoms with van der Waals surface area (Å²) in [4.78, 5) is 12.0. The number of nitrogens with one attached hydrogen (secondary N) is 2. The first-order valence-corrected chi connectivity index (χ1v) is 8.38. The van der Waals surface area contributed by atoms with Gasteiger partial charge in [0.15, 0.2) is 18.1 Å². The maximum atomic E-state index is 12.0.